The molecule has 0 aliphatic carbocycles. The summed E-state index contributed by atoms with van der Waals surface area (Å²) in [5, 5.41) is 8.99. The van der Waals surface area contributed by atoms with E-state index in [4.69, 9.17) is 9.84 Å². The first kappa shape index (κ1) is 18.2. The maximum atomic E-state index is 13.5. The number of nitrogens with zero attached hydrogens (tertiary/aromatic N) is 3. The predicted octanol–water partition coefficient (Wildman–Crippen LogP) is 1.55. The van der Waals surface area contributed by atoms with E-state index in [9.17, 15) is 17.6 Å². The number of carboxylic acid groups (broad SMARTS) is 1. The van der Waals surface area contributed by atoms with Crippen molar-refractivity contribution in [2.24, 2.45) is 0 Å². The second-order valence-electron chi connectivity index (χ2n) is 5.74. The van der Waals surface area contributed by atoms with Gasteiger partial charge in [-0.05, 0) is 31.0 Å². The van der Waals surface area contributed by atoms with Gasteiger partial charge in [0.05, 0.1) is 23.2 Å². The van der Waals surface area contributed by atoms with Crippen LogP contribution in [-0.2, 0) is 10.0 Å². The van der Waals surface area contributed by atoms with E-state index in [0.29, 0.717) is 18.7 Å². The zero-order valence-corrected chi connectivity index (χ0v) is 14.4. The van der Waals surface area contributed by atoms with E-state index in [0.717, 1.165) is 18.2 Å². The van der Waals surface area contributed by atoms with Crippen molar-refractivity contribution < 1.29 is 27.4 Å². The Morgan fingerprint density at radius 1 is 1.35 bits per heavy atom. The van der Waals surface area contributed by atoms with Crippen molar-refractivity contribution in [1.82, 2.24) is 14.3 Å². The molecule has 26 heavy (non-hydrogen) atoms. The van der Waals surface area contributed by atoms with E-state index in [2.05, 4.69) is 9.97 Å². The normalized spacial score (nSPS) is 18.4. The molecule has 8 nitrogen and oxygen atoms in total. The summed E-state index contributed by atoms with van der Waals surface area (Å²) in [7, 11) is -3.97. The fourth-order valence-corrected chi connectivity index (χ4v) is 4.25. The van der Waals surface area contributed by atoms with Gasteiger partial charge in [-0.25, -0.2) is 22.6 Å². The third-order valence-corrected chi connectivity index (χ3v) is 5.83. The molecule has 0 radical (unpaired) electrons. The third-order valence-electron chi connectivity index (χ3n) is 3.97. The minimum absolute atomic E-state index is 0.0820. The average molecular weight is 381 g/mol. The number of carbonyl (C=O) groups is 1. The van der Waals surface area contributed by atoms with Crippen LogP contribution in [0.2, 0.25) is 0 Å². The van der Waals surface area contributed by atoms with Gasteiger partial charge in [-0.2, -0.15) is 4.31 Å². The number of carboxylic acids is 1. The number of aromatic carboxylic acids is 1. The Morgan fingerprint density at radius 2 is 2.15 bits per heavy atom. The Morgan fingerprint density at radius 3 is 2.85 bits per heavy atom. The molecular formula is C16H16FN3O5S. The summed E-state index contributed by atoms with van der Waals surface area (Å²) in [4.78, 5) is 18.7. The average Bonchev–Trinajstić information content (AvgIpc) is 2.63. The molecule has 0 saturated carbocycles. The fraction of sp³-hybridized carbons (Fsp3) is 0.312. The molecule has 1 aromatic carbocycles. The Bertz CT molecular complexity index is 907. The molecular weight excluding hydrogens is 365 g/mol. The largest absolute Gasteiger partial charge is 0.478 e. The smallest absolute Gasteiger partial charge is 0.338 e. The highest BCUT2D eigenvalue weighted by atomic mass is 32.2. The molecule has 138 valence electrons. The number of benzene rings is 1. The summed E-state index contributed by atoms with van der Waals surface area (Å²) >= 11 is 0. The van der Waals surface area contributed by atoms with Crippen LogP contribution in [0.1, 0.15) is 23.2 Å². The molecule has 3 rings (SSSR count). The van der Waals surface area contributed by atoms with Gasteiger partial charge < -0.3 is 9.84 Å². The molecule has 1 saturated heterocycles. The second-order valence-corrected chi connectivity index (χ2v) is 7.67. The van der Waals surface area contributed by atoms with Crippen molar-refractivity contribution in [3.05, 3.63) is 48.2 Å². The first-order valence-electron chi connectivity index (χ1n) is 7.83. The molecule has 1 N–H and O–H groups in total. The Labute approximate surface area is 149 Å². The molecule has 2 aromatic rings. The van der Waals surface area contributed by atoms with Crippen LogP contribution in [0.15, 0.2) is 41.7 Å². The SMILES string of the molecule is O=C(O)c1cc(S(=O)(=O)N2CCC[C@@H](Oc3cnccn3)C2)ccc1F. The van der Waals surface area contributed by atoms with Gasteiger partial charge in [0.1, 0.15) is 11.9 Å². The lowest BCUT2D eigenvalue weighted by Gasteiger charge is -2.31. The van der Waals surface area contributed by atoms with Gasteiger partial charge in [-0.1, -0.05) is 0 Å². The summed E-state index contributed by atoms with van der Waals surface area (Å²) in [5.41, 5.74) is -0.685. The fourth-order valence-electron chi connectivity index (χ4n) is 2.71. The Hall–Kier alpha value is -2.59. The standard InChI is InChI=1S/C16H16FN3O5S/c17-14-4-3-12(8-13(14)16(21)22)26(23,24)20-7-1-2-11(10-20)25-15-9-18-5-6-19-15/h3-6,8-9,11H,1-2,7,10H2,(H,21,22)/t11-/m1/s1. The van der Waals surface area contributed by atoms with Crippen molar-refractivity contribution in [2.75, 3.05) is 13.1 Å². The van der Waals surface area contributed by atoms with Crippen LogP contribution < -0.4 is 4.74 Å². The summed E-state index contributed by atoms with van der Waals surface area (Å²) in [6.07, 6.45) is 5.21. The second kappa shape index (κ2) is 7.34. The van der Waals surface area contributed by atoms with Gasteiger partial charge in [0.25, 0.3) is 0 Å². The molecule has 1 aliphatic heterocycles. The zero-order chi connectivity index (χ0) is 18.7. The van der Waals surface area contributed by atoms with Gasteiger partial charge in [0, 0.05) is 18.9 Å². The summed E-state index contributed by atoms with van der Waals surface area (Å²) in [6.45, 7) is 0.348. The van der Waals surface area contributed by atoms with Gasteiger partial charge in [-0.15, -0.1) is 0 Å². The minimum Gasteiger partial charge on any atom is -0.478 e. The van der Waals surface area contributed by atoms with Gasteiger partial charge in [0.15, 0.2) is 0 Å². The highest BCUT2D eigenvalue weighted by Crippen LogP contribution is 2.24. The highest BCUT2D eigenvalue weighted by molar-refractivity contribution is 7.89. The van der Waals surface area contributed by atoms with Crippen LogP contribution in [0.25, 0.3) is 0 Å². The van der Waals surface area contributed by atoms with Crippen LogP contribution >= 0.6 is 0 Å². The van der Waals surface area contributed by atoms with Crippen LogP contribution in [0.3, 0.4) is 0 Å². The molecule has 0 unspecified atom stereocenters. The molecule has 1 aromatic heterocycles. The summed E-state index contributed by atoms with van der Waals surface area (Å²) in [6, 6.07) is 2.73. The quantitative estimate of drug-likeness (QED) is 0.837. The topological polar surface area (TPSA) is 110 Å². The van der Waals surface area contributed by atoms with Gasteiger partial charge >= 0.3 is 5.97 Å². The Balaban J connectivity index is 1.81. The number of sulfonamides is 1. The first-order chi connectivity index (χ1) is 12.4. The van der Waals surface area contributed by atoms with Gasteiger partial charge in [-0.3, -0.25) is 4.98 Å². The van der Waals surface area contributed by atoms with Gasteiger partial charge in [0.2, 0.25) is 15.9 Å². The van der Waals surface area contributed by atoms with Crippen molar-refractivity contribution >= 4 is 16.0 Å². The van der Waals surface area contributed by atoms with Crippen LogP contribution in [0.5, 0.6) is 5.88 Å². The number of rotatable bonds is 5. The van der Waals surface area contributed by atoms with Crippen molar-refractivity contribution in [3.8, 4) is 5.88 Å². The van der Waals surface area contributed by atoms with Crippen molar-refractivity contribution in [2.45, 2.75) is 23.8 Å². The molecule has 1 fully saturated rings. The third kappa shape index (κ3) is 3.81. The maximum Gasteiger partial charge on any atom is 0.338 e. The molecule has 0 spiro atoms. The Kier molecular flexibility index (Phi) is 5.14. The van der Waals surface area contributed by atoms with E-state index in [1.54, 1.807) is 0 Å². The lowest BCUT2D eigenvalue weighted by atomic mass is 10.1. The highest BCUT2D eigenvalue weighted by Gasteiger charge is 2.32. The van der Waals surface area contributed by atoms with Crippen molar-refractivity contribution in [1.29, 1.82) is 0 Å². The molecule has 0 bridgehead atoms. The first-order valence-corrected chi connectivity index (χ1v) is 9.27. The molecule has 0 amide bonds. The van der Waals surface area contributed by atoms with E-state index in [-0.39, 0.29) is 18.0 Å². The number of piperidine rings is 1. The molecule has 1 aliphatic rings. The monoisotopic (exact) mass is 381 g/mol. The minimum atomic E-state index is -3.97. The predicted molar refractivity (Wildman–Crippen MR) is 87.8 cm³/mol. The number of aromatic nitrogens is 2. The molecule has 10 heteroatoms. The number of halogens is 1. The number of ether oxygens (including phenoxy) is 1. The summed E-state index contributed by atoms with van der Waals surface area (Å²) in [5.74, 6) is -2.22. The lowest BCUT2D eigenvalue weighted by Crippen LogP contribution is -2.44. The van der Waals surface area contributed by atoms with Crippen LogP contribution in [0, 0.1) is 5.82 Å². The number of hydrogen-bond donors (Lipinski definition) is 1. The van der Waals surface area contributed by atoms with Crippen LogP contribution in [0.4, 0.5) is 4.39 Å². The lowest BCUT2D eigenvalue weighted by molar-refractivity contribution is 0.0691. The van der Waals surface area contributed by atoms with E-state index < -0.39 is 33.5 Å². The van der Waals surface area contributed by atoms with E-state index in [1.165, 1.54) is 22.9 Å². The molecule has 2 heterocycles. The van der Waals surface area contributed by atoms with Crippen LogP contribution in [-0.4, -0.2) is 53.0 Å². The maximum absolute atomic E-state index is 13.5. The summed E-state index contributed by atoms with van der Waals surface area (Å²) < 4.78 is 46.0. The van der Waals surface area contributed by atoms with E-state index in [1.807, 2.05) is 0 Å². The number of hydrogen-bond acceptors (Lipinski definition) is 6. The zero-order valence-electron chi connectivity index (χ0n) is 13.6. The van der Waals surface area contributed by atoms with E-state index >= 15 is 0 Å². The van der Waals surface area contributed by atoms with Crippen molar-refractivity contribution in [3.63, 3.8) is 0 Å². The molecule has 1 atom stereocenters.